The van der Waals surface area contributed by atoms with Gasteiger partial charge in [-0.05, 0) is 50.5 Å². The van der Waals surface area contributed by atoms with Crippen molar-refractivity contribution in [1.82, 2.24) is 10.2 Å². The number of nitrogens with zero attached hydrogens (tertiary/aromatic N) is 2. The first kappa shape index (κ1) is 31.9. The Hall–Kier alpha value is -4.05. The van der Waals surface area contributed by atoms with E-state index in [0.29, 0.717) is 30.4 Å². The average molecular weight is 608 g/mol. The first-order valence-corrected chi connectivity index (χ1v) is 16.3. The van der Waals surface area contributed by atoms with E-state index in [-0.39, 0.29) is 30.7 Å². The van der Waals surface area contributed by atoms with Crippen LogP contribution in [0.3, 0.4) is 0 Å². The number of benzene rings is 3. The van der Waals surface area contributed by atoms with E-state index in [0.717, 1.165) is 27.4 Å². The number of hydrogen-bond acceptors (Lipinski definition) is 6. The van der Waals surface area contributed by atoms with E-state index < -0.39 is 28.5 Å². The van der Waals surface area contributed by atoms with Gasteiger partial charge in [0.05, 0.1) is 11.4 Å². The van der Waals surface area contributed by atoms with E-state index >= 15 is 0 Å². The molecule has 0 saturated carbocycles. The van der Waals surface area contributed by atoms with E-state index in [4.69, 9.17) is 9.47 Å². The van der Waals surface area contributed by atoms with Crippen LogP contribution in [0, 0.1) is 6.92 Å². The Labute approximate surface area is 254 Å². The van der Waals surface area contributed by atoms with Gasteiger partial charge in [-0.25, -0.2) is 8.42 Å². The third-order valence-electron chi connectivity index (χ3n) is 7.50. The molecule has 9 nitrogen and oxygen atoms in total. The Morgan fingerprint density at radius 2 is 1.60 bits per heavy atom. The number of carbonyl (C=O) groups excluding carboxylic acids is 2. The van der Waals surface area contributed by atoms with Crippen molar-refractivity contribution in [1.29, 1.82) is 0 Å². The third kappa shape index (κ3) is 8.28. The van der Waals surface area contributed by atoms with Crippen LogP contribution < -0.4 is 19.1 Å². The second kappa shape index (κ2) is 14.4. The first-order chi connectivity index (χ1) is 20.6. The number of carbonyl (C=O) groups is 2. The molecule has 2 atom stereocenters. The molecule has 4 rings (SSSR count). The minimum Gasteiger partial charge on any atom is -0.486 e. The van der Waals surface area contributed by atoms with Crippen molar-refractivity contribution in [3.05, 3.63) is 89.5 Å². The number of anilines is 1. The molecule has 2 amide bonds. The van der Waals surface area contributed by atoms with E-state index in [1.807, 2.05) is 75.4 Å². The van der Waals surface area contributed by atoms with Crippen LogP contribution in [0.25, 0.3) is 0 Å². The number of amides is 2. The lowest BCUT2D eigenvalue weighted by atomic mass is 10.0. The fraction of sp³-hybridized carbons (Fsp3) is 0.394. The summed E-state index contributed by atoms with van der Waals surface area (Å²) in [5.74, 6) is -0.0638. The van der Waals surface area contributed by atoms with E-state index in [1.165, 1.54) is 11.8 Å². The first-order valence-electron chi connectivity index (χ1n) is 14.7. The van der Waals surface area contributed by atoms with Crippen LogP contribution in [0.15, 0.2) is 72.8 Å². The summed E-state index contributed by atoms with van der Waals surface area (Å²) in [6.07, 6.45) is 0.994. The van der Waals surface area contributed by atoms with E-state index in [9.17, 15) is 18.0 Å². The van der Waals surface area contributed by atoms with Gasteiger partial charge in [-0.1, -0.05) is 67.1 Å². The topological polar surface area (TPSA) is 105 Å². The van der Waals surface area contributed by atoms with Crippen LogP contribution >= 0.6 is 0 Å². The predicted octanol–water partition coefficient (Wildman–Crippen LogP) is 4.48. The lowest BCUT2D eigenvalue weighted by molar-refractivity contribution is -0.140. The number of fused-ring (bicyclic) bond motifs is 1. The van der Waals surface area contributed by atoms with Crippen LogP contribution in [-0.4, -0.2) is 62.7 Å². The van der Waals surface area contributed by atoms with Gasteiger partial charge in [-0.2, -0.15) is 0 Å². The van der Waals surface area contributed by atoms with Gasteiger partial charge >= 0.3 is 0 Å². The summed E-state index contributed by atoms with van der Waals surface area (Å²) in [7, 11) is -3.89. The lowest BCUT2D eigenvalue weighted by Gasteiger charge is -2.34. The SMILES string of the molecule is CC[C@@H](C)NC(=O)[C@@H](Cc1ccccc1)N(Cc1cccc(C)c1)C(=O)CN(c1ccc2c(c1)OCCO2)S(=O)(=O)CC. The molecule has 0 saturated heterocycles. The van der Waals surface area contributed by atoms with Crippen molar-refractivity contribution >= 4 is 27.5 Å². The molecule has 0 aliphatic carbocycles. The molecule has 10 heteroatoms. The molecule has 0 aromatic heterocycles. The molecular weight excluding hydrogens is 566 g/mol. The zero-order chi connectivity index (χ0) is 31.0. The van der Waals surface area contributed by atoms with Gasteiger partial charge in [-0.3, -0.25) is 13.9 Å². The van der Waals surface area contributed by atoms with Crippen molar-refractivity contribution in [2.45, 2.75) is 59.2 Å². The number of ether oxygens (including phenoxy) is 2. The molecular formula is C33H41N3O6S. The summed E-state index contributed by atoms with van der Waals surface area (Å²) in [5.41, 5.74) is 3.03. The molecule has 0 fully saturated rings. The highest BCUT2D eigenvalue weighted by Gasteiger charge is 2.34. The molecule has 3 aromatic rings. The normalized spacial score (nSPS) is 14.0. The quantitative estimate of drug-likeness (QED) is 0.307. The summed E-state index contributed by atoms with van der Waals surface area (Å²) in [4.78, 5) is 29.7. The maximum absolute atomic E-state index is 14.3. The monoisotopic (exact) mass is 607 g/mol. The second-order valence-electron chi connectivity index (χ2n) is 10.8. The highest BCUT2D eigenvalue weighted by atomic mass is 32.2. The van der Waals surface area contributed by atoms with Crippen LogP contribution in [0.2, 0.25) is 0 Å². The van der Waals surface area contributed by atoms with Gasteiger partial charge in [-0.15, -0.1) is 0 Å². The van der Waals surface area contributed by atoms with Crippen molar-refractivity contribution in [3.8, 4) is 11.5 Å². The molecule has 230 valence electrons. The zero-order valence-corrected chi connectivity index (χ0v) is 26.1. The fourth-order valence-corrected chi connectivity index (χ4v) is 5.96. The second-order valence-corrected chi connectivity index (χ2v) is 13.0. The smallest absolute Gasteiger partial charge is 0.244 e. The number of rotatable bonds is 13. The summed E-state index contributed by atoms with van der Waals surface area (Å²) < 4.78 is 39.2. The summed E-state index contributed by atoms with van der Waals surface area (Å²) in [6, 6.07) is 21.1. The van der Waals surface area contributed by atoms with Gasteiger partial charge in [0.2, 0.25) is 21.8 Å². The number of nitrogens with one attached hydrogen (secondary N) is 1. The minimum absolute atomic E-state index is 0.101. The van der Waals surface area contributed by atoms with Crippen LogP contribution in [0.1, 0.15) is 43.9 Å². The number of sulfonamides is 1. The van der Waals surface area contributed by atoms with Gasteiger partial charge in [0.25, 0.3) is 0 Å². The molecule has 0 radical (unpaired) electrons. The van der Waals surface area contributed by atoms with Crippen LogP contribution in [0.4, 0.5) is 5.69 Å². The largest absolute Gasteiger partial charge is 0.486 e. The molecule has 0 bridgehead atoms. The van der Waals surface area contributed by atoms with E-state index in [1.54, 1.807) is 18.2 Å². The Morgan fingerprint density at radius 3 is 2.28 bits per heavy atom. The number of aryl methyl sites for hydroxylation is 1. The third-order valence-corrected chi connectivity index (χ3v) is 9.24. The van der Waals surface area contributed by atoms with Crippen molar-refractivity contribution in [3.63, 3.8) is 0 Å². The molecule has 3 aromatic carbocycles. The Kier molecular flexibility index (Phi) is 10.7. The fourth-order valence-electron chi connectivity index (χ4n) is 4.91. The Balaban J connectivity index is 1.75. The average Bonchev–Trinajstić information content (AvgIpc) is 3.01. The summed E-state index contributed by atoms with van der Waals surface area (Å²) >= 11 is 0. The predicted molar refractivity (Wildman–Crippen MR) is 168 cm³/mol. The standard InChI is InChI=1S/C33H41N3O6S/c1-5-25(4)34-33(38)29(20-26-12-8-7-9-13-26)35(22-27-14-10-11-24(3)19-27)32(37)23-36(43(39,40)6-2)28-15-16-30-31(21-28)42-18-17-41-30/h7-16,19,21,25,29H,5-6,17-18,20,22-23H2,1-4H3,(H,34,38)/t25-,29-/m1/s1. The molecule has 1 aliphatic rings. The van der Waals surface area contributed by atoms with Crippen molar-refractivity contribution in [2.75, 3.05) is 29.8 Å². The lowest BCUT2D eigenvalue weighted by Crippen LogP contribution is -2.54. The number of hydrogen-bond donors (Lipinski definition) is 1. The van der Waals surface area contributed by atoms with Crippen LogP contribution in [0.5, 0.6) is 11.5 Å². The summed E-state index contributed by atoms with van der Waals surface area (Å²) in [5, 5.41) is 3.05. The van der Waals surface area contributed by atoms with Crippen LogP contribution in [-0.2, 0) is 32.6 Å². The maximum Gasteiger partial charge on any atom is 0.244 e. The molecule has 0 spiro atoms. The molecule has 1 aliphatic heterocycles. The van der Waals surface area contributed by atoms with Gasteiger partial charge in [0.15, 0.2) is 11.5 Å². The van der Waals surface area contributed by atoms with Gasteiger partial charge in [0, 0.05) is 25.1 Å². The van der Waals surface area contributed by atoms with E-state index in [2.05, 4.69) is 5.32 Å². The molecule has 0 unspecified atom stereocenters. The maximum atomic E-state index is 14.3. The Bertz CT molecular complexity index is 1510. The molecule has 43 heavy (non-hydrogen) atoms. The molecule has 1 N–H and O–H groups in total. The Morgan fingerprint density at radius 1 is 0.907 bits per heavy atom. The van der Waals surface area contributed by atoms with Gasteiger partial charge < -0.3 is 19.7 Å². The van der Waals surface area contributed by atoms with Crippen molar-refractivity contribution in [2.24, 2.45) is 0 Å². The highest BCUT2D eigenvalue weighted by Crippen LogP contribution is 2.35. The molecule has 1 heterocycles. The van der Waals surface area contributed by atoms with Gasteiger partial charge in [0.1, 0.15) is 25.8 Å². The zero-order valence-electron chi connectivity index (χ0n) is 25.3. The van der Waals surface area contributed by atoms with Crippen molar-refractivity contribution < 1.29 is 27.5 Å². The summed E-state index contributed by atoms with van der Waals surface area (Å²) in [6.45, 7) is 7.78. The minimum atomic E-state index is -3.89. The highest BCUT2D eigenvalue weighted by molar-refractivity contribution is 7.92.